The Morgan fingerprint density at radius 3 is 2.35 bits per heavy atom. The largest absolute Gasteiger partial charge is 0.352 e. The second-order valence-electron chi connectivity index (χ2n) is 6.85. The van der Waals surface area contributed by atoms with Crippen molar-refractivity contribution in [1.82, 2.24) is 15.5 Å². The number of amides is 1. The first-order valence-electron chi connectivity index (χ1n) is 8.49. The van der Waals surface area contributed by atoms with E-state index in [2.05, 4.69) is 46.7 Å². The maximum atomic E-state index is 11.8. The van der Waals surface area contributed by atoms with Crippen LogP contribution in [0.25, 0.3) is 0 Å². The van der Waals surface area contributed by atoms with Gasteiger partial charge in [-0.25, -0.2) is 0 Å². The van der Waals surface area contributed by atoms with E-state index in [1.165, 1.54) is 37.1 Å². The molecule has 23 heavy (non-hydrogen) atoms. The molecule has 2 aliphatic rings. The van der Waals surface area contributed by atoms with Crippen LogP contribution in [0.3, 0.4) is 0 Å². The average molecular weight is 338 g/mol. The molecule has 1 aromatic rings. The van der Waals surface area contributed by atoms with Crippen LogP contribution in [0, 0.1) is 11.8 Å². The molecule has 2 heterocycles. The van der Waals surface area contributed by atoms with Gasteiger partial charge in [-0.1, -0.05) is 31.2 Å². The second-order valence-corrected chi connectivity index (χ2v) is 6.85. The number of hydrogen-bond donors (Lipinski definition) is 2. The van der Waals surface area contributed by atoms with Gasteiger partial charge in [0, 0.05) is 26.2 Å². The van der Waals surface area contributed by atoms with Gasteiger partial charge >= 0.3 is 0 Å². The predicted octanol–water partition coefficient (Wildman–Crippen LogP) is 2.18. The van der Waals surface area contributed by atoms with Crippen LogP contribution in [0.2, 0.25) is 0 Å². The van der Waals surface area contributed by atoms with E-state index in [4.69, 9.17) is 0 Å². The van der Waals surface area contributed by atoms with Gasteiger partial charge in [-0.15, -0.1) is 12.4 Å². The molecule has 1 amide bonds. The lowest BCUT2D eigenvalue weighted by Crippen LogP contribution is -2.50. The Hall–Kier alpha value is -1.10. The Morgan fingerprint density at radius 2 is 1.78 bits per heavy atom. The smallest absolute Gasteiger partial charge is 0.225 e. The maximum absolute atomic E-state index is 11.8. The molecular weight excluding hydrogens is 310 g/mol. The quantitative estimate of drug-likeness (QED) is 0.865. The Morgan fingerprint density at radius 1 is 1.17 bits per heavy atom. The summed E-state index contributed by atoms with van der Waals surface area (Å²) in [5, 5.41) is 6.14. The third-order valence-electron chi connectivity index (χ3n) is 4.92. The van der Waals surface area contributed by atoms with E-state index in [0.29, 0.717) is 6.54 Å². The summed E-state index contributed by atoms with van der Waals surface area (Å²) in [6, 6.07) is 8.68. The highest BCUT2D eigenvalue weighted by Gasteiger charge is 2.24. The molecule has 0 spiro atoms. The summed E-state index contributed by atoms with van der Waals surface area (Å²) in [5.41, 5.74) is 2.55. The molecule has 0 aliphatic carbocycles. The van der Waals surface area contributed by atoms with E-state index in [9.17, 15) is 4.79 Å². The minimum Gasteiger partial charge on any atom is -0.352 e. The minimum absolute atomic E-state index is 0. The van der Waals surface area contributed by atoms with Crippen molar-refractivity contribution in [3.8, 4) is 0 Å². The molecule has 128 valence electrons. The van der Waals surface area contributed by atoms with Gasteiger partial charge in [-0.2, -0.15) is 0 Å². The number of benzene rings is 1. The number of rotatable bonds is 5. The third kappa shape index (κ3) is 5.20. The molecular formula is C18H28ClN3O. The van der Waals surface area contributed by atoms with Crippen molar-refractivity contribution in [2.45, 2.75) is 32.9 Å². The van der Waals surface area contributed by atoms with Gasteiger partial charge in [0.05, 0.1) is 5.92 Å². The van der Waals surface area contributed by atoms with Crippen LogP contribution in [-0.2, 0) is 17.9 Å². The van der Waals surface area contributed by atoms with Crippen LogP contribution >= 0.6 is 12.4 Å². The molecule has 0 unspecified atom stereocenters. The van der Waals surface area contributed by atoms with E-state index in [1.807, 2.05) is 0 Å². The summed E-state index contributed by atoms with van der Waals surface area (Å²) in [5.74, 6) is 1.22. The van der Waals surface area contributed by atoms with E-state index in [-0.39, 0.29) is 24.2 Å². The van der Waals surface area contributed by atoms with E-state index in [0.717, 1.165) is 25.6 Å². The predicted molar refractivity (Wildman–Crippen MR) is 95.6 cm³/mol. The highest BCUT2D eigenvalue weighted by molar-refractivity contribution is 5.85. The zero-order chi connectivity index (χ0) is 15.4. The molecule has 4 nitrogen and oxygen atoms in total. The lowest BCUT2D eigenvalue weighted by atomic mass is 9.99. The van der Waals surface area contributed by atoms with Crippen molar-refractivity contribution in [1.29, 1.82) is 0 Å². The van der Waals surface area contributed by atoms with Gasteiger partial charge < -0.3 is 10.6 Å². The van der Waals surface area contributed by atoms with Crippen molar-refractivity contribution in [3.05, 3.63) is 35.4 Å². The van der Waals surface area contributed by atoms with Crippen LogP contribution in [-0.4, -0.2) is 37.0 Å². The van der Waals surface area contributed by atoms with Crippen molar-refractivity contribution in [3.63, 3.8) is 0 Å². The molecule has 0 aromatic heterocycles. The fourth-order valence-corrected chi connectivity index (χ4v) is 3.05. The van der Waals surface area contributed by atoms with Crippen LogP contribution < -0.4 is 10.6 Å². The van der Waals surface area contributed by atoms with Crippen LogP contribution in [0.15, 0.2) is 24.3 Å². The van der Waals surface area contributed by atoms with Crippen LogP contribution in [0.5, 0.6) is 0 Å². The third-order valence-corrected chi connectivity index (χ3v) is 4.92. The van der Waals surface area contributed by atoms with Gasteiger partial charge in [0.25, 0.3) is 0 Å². The van der Waals surface area contributed by atoms with Gasteiger partial charge in [0.2, 0.25) is 5.91 Å². The molecule has 1 aromatic carbocycles. The normalized spacial score (nSPS) is 19.7. The summed E-state index contributed by atoms with van der Waals surface area (Å²) in [6.45, 7) is 8.10. The first kappa shape index (κ1) is 18.2. The molecule has 2 N–H and O–H groups in total. The summed E-state index contributed by atoms with van der Waals surface area (Å²) in [4.78, 5) is 14.3. The second kappa shape index (κ2) is 8.67. The first-order chi connectivity index (χ1) is 10.7. The van der Waals surface area contributed by atoms with Crippen molar-refractivity contribution in [2.24, 2.45) is 11.8 Å². The van der Waals surface area contributed by atoms with Crippen LogP contribution in [0.4, 0.5) is 0 Å². The fourth-order valence-electron chi connectivity index (χ4n) is 3.05. The highest BCUT2D eigenvalue weighted by Crippen LogP contribution is 2.18. The number of nitrogens with one attached hydrogen (secondary N) is 2. The molecule has 2 aliphatic heterocycles. The number of carbonyl (C=O) groups excluding carboxylic acids is 1. The van der Waals surface area contributed by atoms with Gasteiger partial charge in [-0.05, 0) is 43.0 Å². The van der Waals surface area contributed by atoms with Gasteiger partial charge in [-0.3, -0.25) is 9.69 Å². The Kier molecular flexibility index (Phi) is 6.88. The number of carbonyl (C=O) groups is 1. The maximum Gasteiger partial charge on any atom is 0.225 e. The Labute approximate surface area is 145 Å². The number of nitrogens with zero attached hydrogens (tertiary/aromatic N) is 1. The summed E-state index contributed by atoms with van der Waals surface area (Å²) in [6.07, 6.45) is 2.64. The molecule has 3 rings (SSSR count). The highest BCUT2D eigenvalue weighted by atomic mass is 35.5. The lowest BCUT2D eigenvalue weighted by Gasteiger charge is -2.30. The number of likely N-dealkylation sites (tertiary alicyclic amines) is 1. The standard InChI is InChI=1S/C18H27N3O.ClH/c1-14-6-8-21(9-7-14)13-16-4-2-15(3-5-16)10-20-18(22)17-11-19-12-17;/h2-5,14,17,19H,6-13H2,1H3,(H,20,22);1H. The molecule has 0 radical (unpaired) electrons. The summed E-state index contributed by atoms with van der Waals surface area (Å²) in [7, 11) is 0. The van der Waals surface area contributed by atoms with Crippen molar-refractivity contribution >= 4 is 18.3 Å². The molecule has 0 atom stereocenters. The minimum atomic E-state index is 0. The SMILES string of the molecule is CC1CCN(Cc2ccc(CNC(=O)C3CNC3)cc2)CC1.Cl. The molecule has 2 fully saturated rings. The topological polar surface area (TPSA) is 44.4 Å². The van der Waals surface area contributed by atoms with E-state index in [1.54, 1.807) is 0 Å². The average Bonchev–Trinajstić information content (AvgIpc) is 2.47. The molecule has 5 heteroatoms. The number of piperidine rings is 1. The zero-order valence-corrected chi connectivity index (χ0v) is 14.7. The zero-order valence-electron chi connectivity index (χ0n) is 13.9. The first-order valence-corrected chi connectivity index (χ1v) is 8.49. The monoisotopic (exact) mass is 337 g/mol. The van der Waals surface area contributed by atoms with Gasteiger partial charge in [0.1, 0.15) is 0 Å². The number of hydrogen-bond acceptors (Lipinski definition) is 3. The molecule has 0 saturated carbocycles. The number of halogens is 1. The molecule has 2 saturated heterocycles. The summed E-state index contributed by atoms with van der Waals surface area (Å²) >= 11 is 0. The van der Waals surface area contributed by atoms with Crippen molar-refractivity contribution in [2.75, 3.05) is 26.2 Å². The lowest BCUT2D eigenvalue weighted by molar-refractivity contribution is -0.126. The summed E-state index contributed by atoms with van der Waals surface area (Å²) < 4.78 is 0. The Balaban J connectivity index is 0.00000192. The fraction of sp³-hybridized carbons (Fsp3) is 0.611. The van der Waals surface area contributed by atoms with E-state index >= 15 is 0 Å². The van der Waals surface area contributed by atoms with Gasteiger partial charge in [0.15, 0.2) is 0 Å². The van der Waals surface area contributed by atoms with Crippen molar-refractivity contribution < 1.29 is 4.79 Å². The van der Waals surface area contributed by atoms with Crippen LogP contribution in [0.1, 0.15) is 30.9 Å². The van der Waals surface area contributed by atoms with E-state index < -0.39 is 0 Å². The Bertz CT molecular complexity index is 493. The molecule has 0 bridgehead atoms.